The van der Waals surface area contributed by atoms with Crippen molar-refractivity contribution in [2.24, 2.45) is 0 Å². The molecule has 7 nitrogen and oxygen atoms in total. The second kappa shape index (κ2) is 12.6. The van der Waals surface area contributed by atoms with Crippen molar-refractivity contribution in [2.75, 3.05) is 0 Å². The monoisotopic (exact) mass is 517 g/mol. The van der Waals surface area contributed by atoms with E-state index in [1.807, 2.05) is 44.2 Å². The summed E-state index contributed by atoms with van der Waals surface area (Å²) in [5, 5.41) is 5.78. The van der Waals surface area contributed by atoms with Gasteiger partial charge in [-0.05, 0) is 77.1 Å². The van der Waals surface area contributed by atoms with E-state index in [-0.39, 0.29) is 30.3 Å². The number of alkyl carbamates (subject to hydrolysis) is 1. The number of benzene rings is 2. The van der Waals surface area contributed by atoms with Crippen LogP contribution in [0.5, 0.6) is 0 Å². The molecule has 1 aliphatic rings. The highest BCUT2D eigenvalue weighted by molar-refractivity contribution is 5.92. The van der Waals surface area contributed by atoms with Crippen LogP contribution in [0.25, 0.3) is 0 Å². The smallest absolute Gasteiger partial charge is 0.408 e. The SMILES string of the molecule is C#Cc1ccc(C(C(=O)NC(C)C)N(C(=O)C(Cc2ccccc2)NC(=O)OC(C)(C)C)C2CCC2)cc1. The summed E-state index contributed by atoms with van der Waals surface area (Å²) in [6.45, 7) is 9.08. The molecule has 0 saturated heterocycles. The maximum atomic E-state index is 14.4. The van der Waals surface area contributed by atoms with Crippen LogP contribution in [0.1, 0.15) is 76.6 Å². The molecule has 3 amide bonds. The lowest BCUT2D eigenvalue weighted by atomic mass is 9.87. The zero-order valence-electron chi connectivity index (χ0n) is 23.0. The van der Waals surface area contributed by atoms with E-state index in [1.165, 1.54) is 0 Å². The molecular weight excluding hydrogens is 478 g/mol. The fourth-order valence-electron chi connectivity index (χ4n) is 4.43. The van der Waals surface area contributed by atoms with E-state index in [0.29, 0.717) is 11.1 Å². The van der Waals surface area contributed by atoms with Gasteiger partial charge in [-0.1, -0.05) is 48.4 Å². The van der Waals surface area contributed by atoms with Crippen molar-refractivity contribution in [3.63, 3.8) is 0 Å². The molecule has 2 unspecified atom stereocenters. The van der Waals surface area contributed by atoms with E-state index < -0.39 is 23.8 Å². The van der Waals surface area contributed by atoms with Crippen LogP contribution in [-0.4, -0.2) is 46.5 Å². The number of ether oxygens (including phenoxy) is 1. The van der Waals surface area contributed by atoms with Crippen molar-refractivity contribution in [2.45, 2.75) is 90.1 Å². The number of hydrogen-bond acceptors (Lipinski definition) is 4. The largest absolute Gasteiger partial charge is 0.444 e. The van der Waals surface area contributed by atoms with Gasteiger partial charge in [0.15, 0.2) is 0 Å². The number of nitrogens with zero attached hydrogens (tertiary/aromatic N) is 1. The van der Waals surface area contributed by atoms with Gasteiger partial charge in [-0.25, -0.2) is 4.79 Å². The Morgan fingerprint density at radius 1 is 1.03 bits per heavy atom. The first-order chi connectivity index (χ1) is 18.0. The van der Waals surface area contributed by atoms with Crippen molar-refractivity contribution in [3.8, 4) is 12.3 Å². The highest BCUT2D eigenvalue weighted by Crippen LogP contribution is 2.34. The van der Waals surface area contributed by atoms with Crippen LogP contribution in [0, 0.1) is 12.3 Å². The van der Waals surface area contributed by atoms with Gasteiger partial charge in [0.05, 0.1) is 0 Å². The first-order valence-corrected chi connectivity index (χ1v) is 13.2. The normalized spacial score (nSPS) is 15.0. The number of rotatable bonds is 9. The number of terminal acetylenes is 1. The molecule has 2 atom stereocenters. The summed E-state index contributed by atoms with van der Waals surface area (Å²) < 4.78 is 5.49. The molecule has 1 saturated carbocycles. The molecule has 3 rings (SSSR count). The van der Waals surface area contributed by atoms with Crippen molar-refractivity contribution in [1.82, 2.24) is 15.5 Å². The maximum Gasteiger partial charge on any atom is 0.408 e. The van der Waals surface area contributed by atoms with Crippen molar-refractivity contribution in [1.29, 1.82) is 0 Å². The Morgan fingerprint density at radius 3 is 2.16 bits per heavy atom. The van der Waals surface area contributed by atoms with Crippen LogP contribution >= 0.6 is 0 Å². The van der Waals surface area contributed by atoms with Crippen LogP contribution in [0.15, 0.2) is 54.6 Å². The van der Waals surface area contributed by atoms with E-state index in [0.717, 1.165) is 24.8 Å². The third-order valence-corrected chi connectivity index (χ3v) is 6.34. The number of amides is 3. The molecule has 0 radical (unpaired) electrons. The lowest BCUT2D eigenvalue weighted by molar-refractivity contribution is -0.147. The number of carbonyl (C=O) groups excluding carboxylic acids is 3. The molecule has 0 spiro atoms. The zero-order chi connectivity index (χ0) is 27.9. The van der Waals surface area contributed by atoms with Crippen LogP contribution in [0.3, 0.4) is 0 Å². The van der Waals surface area contributed by atoms with Crippen molar-refractivity contribution < 1.29 is 19.1 Å². The average Bonchev–Trinajstić information content (AvgIpc) is 2.81. The fraction of sp³-hybridized carbons (Fsp3) is 0.452. The van der Waals surface area contributed by atoms with Gasteiger partial charge in [-0.3, -0.25) is 9.59 Å². The predicted molar refractivity (Wildman–Crippen MR) is 148 cm³/mol. The maximum absolute atomic E-state index is 14.4. The third-order valence-electron chi connectivity index (χ3n) is 6.34. The average molecular weight is 518 g/mol. The van der Waals surface area contributed by atoms with Gasteiger partial charge in [-0.15, -0.1) is 6.42 Å². The molecule has 1 fully saturated rings. The highest BCUT2D eigenvalue weighted by Gasteiger charge is 2.42. The Bertz CT molecular complexity index is 1140. The van der Waals surface area contributed by atoms with Crippen molar-refractivity contribution >= 4 is 17.9 Å². The van der Waals surface area contributed by atoms with Crippen LogP contribution in [0.2, 0.25) is 0 Å². The van der Waals surface area contributed by atoms with Crippen molar-refractivity contribution in [3.05, 3.63) is 71.3 Å². The zero-order valence-corrected chi connectivity index (χ0v) is 23.0. The van der Waals surface area contributed by atoms with E-state index in [2.05, 4.69) is 16.6 Å². The number of hydrogen-bond donors (Lipinski definition) is 2. The van der Waals surface area contributed by atoms with Gasteiger partial charge in [0.2, 0.25) is 11.8 Å². The highest BCUT2D eigenvalue weighted by atomic mass is 16.6. The van der Waals surface area contributed by atoms with Gasteiger partial charge in [0, 0.05) is 24.1 Å². The number of carbonyl (C=O) groups is 3. The molecule has 0 heterocycles. The summed E-state index contributed by atoms with van der Waals surface area (Å²) in [6, 6.07) is 14.6. The summed E-state index contributed by atoms with van der Waals surface area (Å²) in [5.41, 5.74) is 1.51. The van der Waals surface area contributed by atoms with Crippen LogP contribution < -0.4 is 10.6 Å². The number of nitrogens with one attached hydrogen (secondary N) is 2. The van der Waals surface area contributed by atoms with E-state index in [1.54, 1.807) is 49.9 Å². The molecule has 0 bridgehead atoms. The first-order valence-electron chi connectivity index (χ1n) is 13.2. The Labute approximate surface area is 226 Å². The first kappa shape index (κ1) is 28.8. The van der Waals surface area contributed by atoms with Crippen LogP contribution in [-0.2, 0) is 20.7 Å². The Kier molecular flexibility index (Phi) is 9.57. The molecule has 2 aromatic carbocycles. The van der Waals surface area contributed by atoms with E-state index >= 15 is 0 Å². The summed E-state index contributed by atoms with van der Waals surface area (Å²) >= 11 is 0. The van der Waals surface area contributed by atoms with E-state index in [4.69, 9.17) is 11.2 Å². The van der Waals surface area contributed by atoms with Gasteiger partial charge in [-0.2, -0.15) is 0 Å². The minimum Gasteiger partial charge on any atom is -0.444 e. The minimum atomic E-state index is -0.924. The molecular formula is C31H39N3O4. The van der Waals surface area contributed by atoms with Crippen LogP contribution in [0.4, 0.5) is 4.79 Å². The predicted octanol–water partition coefficient (Wildman–Crippen LogP) is 4.75. The third kappa shape index (κ3) is 7.85. The molecule has 0 aromatic heterocycles. The molecule has 202 valence electrons. The van der Waals surface area contributed by atoms with Gasteiger partial charge in [0.1, 0.15) is 17.7 Å². The summed E-state index contributed by atoms with van der Waals surface area (Å²) in [5.74, 6) is 2.00. The Morgan fingerprint density at radius 2 is 1.66 bits per heavy atom. The molecule has 2 aromatic rings. The van der Waals surface area contributed by atoms with E-state index in [9.17, 15) is 14.4 Å². The quantitative estimate of drug-likeness (QED) is 0.470. The molecule has 1 aliphatic carbocycles. The molecule has 2 N–H and O–H groups in total. The lowest BCUT2D eigenvalue weighted by Gasteiger charge is -2.43. The minimum absolute atomic E-state index is 0.117. The fourth-order valence-corrected chi connectivity index (χ4v) is 4.43. The Hall–Kier alpha value is -3.79. The molecule has 0 aliphatic heterocycles. The second-order valence-electron chi connectivity index (χ2n) is 11.1. The topological polar surface area (TPSA) is 87.7 Å². The summed E-state index contributed by atoms with van der Waals surface area (Å²) in [6.07, 6.45) is 7.66. The second-order valence-corrected chi connectivity index (χ2v) is 11.1. The molecule has 38 heavy (non-hydrogen) atoms. The molecule has 7 heteroatoms. The standard InChI is InChI=1S/C31H39N3O4/c1-7-22-16-18-24(19-17-22)27(28(35)32-21(2)3)34(25-14-11-15-25)29(36)26(20-23-12-9-8-10-13-23)33-30(37)38-31(4,5)6/h1,8-10,12-13,16-19,21,25-27H,11,14-15,20H2,2-6H3,(H,32,35)(H,33,37). The summed E-state index contributed by atoms with van der Waals surface area (Å²) in [4.78, 5) is 42.5. The Balaban J connectivity index is 2.03. The summed E-state index contributed by atoms with van der Waals surface area (Å²) in [7, 11) is 0. The van der Waals surface area contributed by atoms with Gasteiger partial charge >= 0.3 is 6.09 Å². The van der Waals surface area contributed by atoms with Gasteiger partial charge < -0.3 is 20.3 Å². The van der Waals surface area contributed by atoms with Gasteiger partial charge in [0.25, 0.3) is 0 Å². The lowest BCUT2D eigenvalue weighted by Crippen LogP contribution is -2.58.